The summed E-state index contributed by atoms with van der Waals surface area (Å²) in [5, 5.41) is 8.62. The van der Waals surface area contributed by atoms with Crippen molar-refractivity contribution in [2.75, 3.05) is 10.6 Å². The molecule has 0 atom stereocenters. The van der Waals surface area contributed by atoms with Gasteiger partial charge in [0.1, 0.15) is 0 Å². The zero-order chi connectivity index (χ0) is 11.4. The SMILES string of the molecule is O=C(Nc1cccc(Br)c1)Nc1ccno1. The molecule has 6 heteroatoms. The second-order valence-corrected chi connectivity index (χ2v) is 3.88. The van der Waals surface area contributed by atoms with Crippen molar-refractivity contribution in [3.63, 3.8) is 0 Å². The number of halogens is 1. The van der Waals surface area contributed by atoms with Crippen molar-refractivity contribution in [3.05, 3.63) is 41.0 Å². The van der Waals surface area contributed by atoms with Crippen LogP contribution in [-0.4, -0.2) is 11.2 Å². The van der Waals surface area contributed by atoms with Crippen LogP contribution < -0.4 is 10.6 Å². The topological polar surface area (TPSA) is 67.2 Å². The lowest BCUT2D eigenvalue weighted by Gasteiger charge is -2.04. The van der Waals surface area contributed by atoms with E-state index in [4.69, 9.17) is 4.52 Å². The van der Waals surface area contributed by atoms with E-state index in [0.29, 0.717) is 11.6 Å². The highest BCUT2D eigenvalue weighted by Crippen LogP contribution is 2.15. The Balaban J connectivity index is 1.97. The lowest BCUT2D eigenvalue weighted by Crippen LogP contribution is -2.18. The van der Waals surface area contributed by atoms with Gasteiger partial charge in [-0.1, -0.05) is 27.2 Å². The van der Waals surface area contributed by atoms with E-state index in [-0.39, 0.29) is 6.03 Å². The smallest absolute Gasteiger partial charge is 0.326 e. The first-order valence-electron chi connectivity index (χ1n) is 4.48. The highest BCUT2D eigenvalue weighted by molar-refractivity contribution is 9.10. The van der Waals surface area contributed by atoms with Gasteiger partial charge in [0.15, 0.2) is 0 Å². The molecule has 0 aliphatic carbocycles. The van der Waals surface area contributed by atoms with Crippen LogP contribution >= 0.6 is 15.9 Å². The third kappa shape index (κ3) is 2.83. The number of amides is 2. The molecular formula is C10H8BrN3O2. The highest BCUT2D eigenvalue weighted by atomic mass is 79.9. The van der Waals surface area contributed by atoms with Crippen molar-refractivity contribution in [1.29, 1.82) is 0 Å². The van der Waals surface area contributed by atoms with Crippen molar-refractivity contribution < 1.29 is 9.32 Å². The van der Waals surface area contributed by atoms with Crippen LogP contribution in [0.4, 0.5) is 16.4 Å². The lowest BCUT2D eigenvalue weighted by atomic mass is 10.3. The zero-order valence-electron chi connectivity index (χ0n) is 8.11. The van der Waals surface area contributed by atoms with Crippen LogP contribution in [0.5, 0.6) is 0 Å². The summed E-state index contributed by atoms with van der Waals surface area (Å²) >= 11 is 3.31. The van der Waals surface area contributed by atoms with Gasteiger partial charge in [-0.2, -0.15) is 0 Å². The Kier molecular flexibility index (Phi) is 3.21. The fraction of sp³-hybridized carbons (Fsp3) is 0. The Labute approximate surface area is 99.9 Å². The Morgan fingerprint density at radius 2 is 2.19 bits per heavy atom. The van der Waals surface area contributed by atoms with E-state index in [2.05, 4.69) is 31.7 Å². The third-order valence-corrected chi connectivity index (χ3v) is 2.25. The van der Waals surface area contributed by atoms with Crippen molar-refractivity contribution in [2.24, 2.45) is 0 Å². The van der Waals surface area contributed by atoms with Crippen LogP contribution in [0.25, 0.3) is 0 Å². The molecule has 1 aromatic carbocycles. The average Bonchev–Trinajstić information content (AvgIpc) is 2.70. The van der Waals surface area contributed by atoms with Gasteiger partial charge >= 0.3 is 6.03 Å². The molecule has 2 amide bonds. The molecule has 0 unspecified atom stereocenters. The molecular weight excluding hydrogens is 274 g/mol. The minimum atomic E-state index is -0.380. The van der Waals surface area contributed by atoms with E-state index in [1.165, 1.54) is 6.20 Å². The summed E-state index contributed by atoms with van der Waals surface area (Å²) in [7, 11) is 0. The number of carbonyl (C=O) groups excluding carboxylic acids is 1. The predicted molar refractivity (Wildman–Crippen MR) is 63.3 cm³/mol. The Morgan fingerprint density at radius 1 is 1.31 bits per heavy atom. The summed E-state index contributed by atoms with van der Waals surface area (Å²) in [6, 6.07) is 8.45. The maximum atomic E-state index is 11.5. The Hall–Kier alpha value is -1.82. The molecule has 82 valence electrons. The number of hydrogen-bond acceptors (Lipinski definition) is 3. The van der Waals surface area contributed by atoms with E-state index >= 15 is 0 Å². The molecule has 16 heavy (non-hydrogen) atoms. The van der Waals surface area contributed by atoms with E-state index in [9.17, 15) is 4.79 Å². The van der Waals surface area contributed by atoms with Crippen LogP contribution in [0, 0.1) is 0 Å². The van der Waals surface area contributed by atoms with Crippen LogP contribution in [0.3, 0.4) is 0 Å². The second-order valence-electron chi connectivity index (χ2n) is 2.97. The van der Waals surface area contributed by atoms with Gasteiger partial charge in [-0.25, -0.2) is 4.79 Å². The van der Waals surface area contributed by atoms with Gasteiger partial charge in [0.25, 0.3) is 0 Å². The van der Waals surface area contributed by atoms with Gasteiger partial charge < -0.3 is 9.84 Å². The van der Waals surface area contributed by atoms with Crippen molar-refractivity contribution in [3.8, 4) is 0 Å². The van der Waals surface area contributed by atoms with Crippen molar-refractivity contribution >= 4 is 33.5 Å². The van der Waals surface area contributed by atoms with Gasteiger partial charge in [-0.15, -0.1) is 0 Å². The van der Waals surface area contributed by atoms with Gasteiger partial charge in [-0.3, -0.25) is 5.32 Å². The number of aromatic nitrogens is 1. The molecule has 0 radical (unpaired) electrons. The number of carbonyl (C=O) groups is 1. The molecule has 0 aliphatic heterocycles. The quantitative estimate of drug-likeness (QED) is 0.889. The number of nitrogens with zero attached hydrogens (tertiary/aromatic N) is 1. The molecule has 0 aliphatic rings. The van der Waals surface area contributed by atoms with Crippen molar-refractivity contribution in [2.45, 2.75) is 0 Å². The molecule has 0 saturated heterocycles. The largest absolute Gasteiger partial charge is 0.338 e. The molecule has 5 nitrogen and oxygen atoms in total. The molecule has 2 rings (SSSR count). The maximum Gasteiger partial charge on any atom is 0.326 e. The lowest BCUT2D eigenvalue weighted by molar-refractivity contribution is 0.261. The second kappa shape index (κ2) is 4.80. The minimum absolute atomic E-state index is 0.299. The van der Waals surface area contributed by atoms with Crippen LogP contribution in [-0.2, 0) is 0 Å². The number of urea groups is 1. The number of hydrogen-bond donors (Lipinski definition) is 2. The van der Waals surface area contributed by atoms with Crippen LogP contribution in [0.15, 0.2) is 45.5 Å². The van der Waals surface area contributed by atoms with E-state index in [0.717, 1.165) is 4.47 Å². The fourth-order valence-corrected chi connectivity index (χ4v) is 1.52. The molecule has 1 heterocycles. The Morgan fingerprint density at radius 3 is 2.88 bits per heavy atom. The number of rotatable bonds is 2. The van der Waals surface area contributed by atoms with Crippen LogP contribution in [0.1, 0.15) is 0 Å². The molecule has 2 N–H and O–H groups in total. The summed E-state index contributed by atoms with van der Waals surface area (Å²) in [4.78, 5) is 11.5. The normalized spacial score (nSPS) is 9.81. The van der Waals surface area contributed by atoms with E-state index in [1.807, 2.05) is 12.1 Å². The van der Waals surface area contributed by atoms with Crippen molar-refractivity contribution in [1.82, 2.24) is 5.16 Å². The predicted octanol–water partition coefficient (Wildman–Crippen LogP) is 3.08. The average molecular weight is 282 g/mol. The van der Waals surface area contributed by atoms with Gasteiger partial charge in [0.05, 0.1) is 6.20 Å². The fourth-order valence-electron chi connectivity index (χ4n) is 1.12. The number of benzene rings is 1. The molecule has 0 fully saturated rings. The van der Waals surface area contributed by atoms with E-state index < -0.39 is 0 Å². The molecule has 0 bridgehead atoms. The summed E-state index contributed by atoms with van der Waals surface area (Å²) in [5.41, 5.74) is 0.686. The summed E-state index contributed by atoms with van der Waals surface area (Å²) in [5.74, 6) is 0.299. The molecule has 0 saturated carbocycles. The molecule has 0 spiro atoms. The standard InChI is InChI=1S/C10H8BrN3O2/c11-7-2-1-3-8(6-7)13-10(15)14-9-4-5-12-16-9/h1-6H,(H2,13,14,15). The van der Waals surface area contributed by atoms with E-state index in [1.54, 1.807) is 18.2 Å². The first kappa shape index (κ1) is 10.7. The summed E-state index contributed by atoms with van der Waals surface area (Å²) in [6.45, 7) is 0. The number of anilines is 2. The van der Waals surface area contributed by atoms with Gasteiger partial charge in [-0.05, 0) is 18.2 Å². The summed E-state index contributed by atoms with van der Waals surface area (Å²) < 4.78 is 5.63. The summed E-state index contributed by atoms with van der Waals surface area (Å²) in [6.07, 6.45) is 1.45. The minimum Gasteiger partial charge on any atom is -0.338 e. The zero-order valence-corrected chi connectivity index (χ0v) is 9.69. The Bertz CT molecular complexity index is 485. The number of nitrogens with one attached hydrogen (secondary N) is 2. The monoisotopic (exact) mass is 281 g/mol. The molecule has 1 aromatic heterocycles. The molecule has 2 aromatic rings. The first-order valence-corrected chi connectivity index (χ1v) is 5.27. The first-order chi connectivity index (χ1) is 7.74. The third-order valence-electron chi connectivity index (χ3n) is 1.76. The maximum absolute atomic E-state index is 11.5. The van der Waals surface area contributed by atoms with Gasteiger partial charge in [0.2, 0.25) is 5.88 Å². The van der Waals surface area contributed by atoms with Gasteiger partial charge in [0, 0.05) is 16.2 Å². The highest BCUT2D eigenvalue weighted by Gasteiger charge is 2.04. The van der Waals surface area contributed by atoms with Crippen LogP contribution in [0.2, 0.25) is 0 Å².